The molecular formula is C24H25N3O2. The number of anilines is 1. The van der Waals surface area contributed by atoms with Crippen LogP contribution >= 0.6 is 0 Å². The van der Waals surface area contributed by atoms with E-state index < -0.39 is 0 Å². The van der Waals surface area contributed by atoms with E-state index in [2.05, 4.69) is 5.32 Å². The van der Waals surface area contributed by atoms with Crippen LogP contribution in [-0.4, -0.2) is 22.6 Å². The molecule has 148 valence electrons. The number of rotatable bonds is 4. The van der Waals surface area contributed by atoms with E-state index in [0.29, 0.717) is 17.0 Å². The highest BCUT2D eigenvalue weighted by Crippen LogP contribution is 2.26. The van der Waals surface area contributed by atoms with Crippen molar-refractivity contribution in [2.24, 2.45) is 7.05 Å². The van der Waals surface area contributed by atoms with Crippen LogP contribution in [0.25, 0.3) is 22.4 Å². The molecule has 3 aromatic carbocycles. The first-order chi connectivity index (χ1) is 14.2. The van der Waals surface area contributed by atoms with Gasteiger partial charge in [-0.2, -0.15) is 0 Å². The molecule has 1 heterocycles. The molecular weight excluding hydrogens is 362 g/mol. The summed E-state index contributed by atoms with van der Waals surface area (Å²) in [6, 6.07) is 22.9. The van der Waals surface area contributed by atoms with Gasteiger partial charge in [0.15, 0.2) is 0 Å². The molecule has 4 aromatic rings. The second kappa shape index (κ2) is 9.06. The third-order valence-electron chi connectivity index (χ3n) is 4.52. The Morgan fingerprint density at radius 3 is 2.38 bits per heavy atom. The molecule has 0 aliphatic heterocycles. The quantitative estimate of drug-likeness (QED) is 0.501. The van der Waals surface area contributed by atoms with E-state index in [1.165, 1.54) is 0 Å². The molecule has 1 aromatic heterocycles. The van der Waals surface area contributed by atoms with E-state index in [-0.39, 0.29) is 5.91 Å². The van der Waals surface area contributed by atoms with Crippen LogP contribution in [0.5, 0.6) is 5.75 Å². The number of aryl methyl sites for hydroxylation is 1. The molecule has 0 aliphatic rings. The number of nitrogens with zero attached hydrogens (tertiary/aromatic N) is 2. The van der Waals surface area contributed by atoms with Crippen LogP contribution < -0.4 is 10.1 Å². The summed E-state index contributed by atoms with van der Waals surface area (Å²) < 4.78 is 7.30. The Kier molecular flexibility index (Phi) is 6.29. The van der Waals surface area contributed by atoms with Crippen molar-refractivity contribution in [3.05, 3.63) is 78.4 Å². The van der Waals surface area contributed by atoms with Gasteiger partial charge < -0.3 is 14.6 Å². The van der Waals surface area contributed by atoms with Crippen molar-refractivity contribution in [2.75, 3.05) is 12.4 Å². The zero-order chi connectivity index (χ0) is 20.8. The summed E-state index contributed by atoms with van der Waals surface area (Å²) in [4.78, 5) is 17.3. The van der Waals surface area contributed by atoms with Crippen LogP contribution in [-0.2, 0) is 7.05 Å². The number of methoxy groups -OCH3 is 1. The van der Waals surface area contributed by atoms with Crippen molar-refractivity contribution in [3.63, 3.8) is 0 Å². The van der Waals surface area contributed by atoms with Crippen LogP contribution in [0.2, 0.25) is 0 Å². The van der Waals surface area contributed by atoms with E-state index in [9.17, 15) is 4.79 Å². The zero-order valence-electron chi connectivity index (χ0n) is 17.1. The van der Waals surface area contributed by atoms with Gasteiger partial charge in [-0.15, -0.1) is 0 Å². The molecule has 29 heavy (non-hydrogen) atoms. The number of ether oxygens (including phenoxy) is 1. The maximum atomic E-state index is 12.6. The SMILES string of the molecule is CC.COc1ccccc1C(=O)Nc1ccc2nc(-c3ccccc3)n(C)c2c1. The Hall–Kier alpha value is -3.60. The van der Waals surface area contributed by atoms with Crippen LogP contribution in [0.15, 0.2) is 72.8 Å². The van der Waals surface area contributed by atoms with E-state index in [0.717, 1.165) is 22.4 Å². The lowest BCUT2D eigenvalue weighted by Gasteiger charge is -2.09. The van der Waals surface area contributed by atoms with E-state index in [1.807, 2.05) is 86.1 Å². The first kappa shape index (κ1) is 20.1. The van der Waals surface area contributed by atoms with Gasteiger partial charge in [-0.1, -0.05) is 56.3 Å². The molecule has 0 aliphatic carbocycles. The number of aromatic nitrogens is 2. The first-order valence-corrected chi connectivity index (χ1v) is 9.63. The summed E-state index contributed by atoms with van der Waals surface area (Å²) in [6.45, 7) is 4.00. The molecule has 0 atom stereocenters. The fraction of sp³-hybridized carbons (Fsp3) is 0.167. The largest absolute Gasteiger partial charge is 0.496 e. The van der Waals surface area contributed by atoms with Crippen LogP contribution in [0, 0.1) is 0 Å². The number of benzene rings is 3. The predicted molar refractivity (Wildman–Crippen MR) is 118 cm³/mol. The maximum absolute atomic E-state index is 12.6. The Bertz CT molecular complexity index is 1120. The van der Waals surface area contributed by atoms with E-state index in [1.54, 1.807) is 19.2 Å². The smallest absolute Gasteiger partial charge is 0.259 e. The van der Waals surface area contributed by atoms with Gasteiger partial charge in [-0.25, -0.2) is 4.98 Å². The van der Waals surface area contributed by atoms with Crippen LogP contribution in [0.3, 0.4) is 0 Å². The van der Waals surface area contributed by atoms with Gasteiger partial charge in [0.05, 0.1) is 23.7 Å². The molecule has 0 saturated carbocycles. The first-order valence-electron chi connectivity index (χ1n) is 9.63. The summed E-state index contributed by atoms with van der Waals surface area (Å²) in [5.41, 5.74) is 4.09. The predicted octanol–water partition coefficient (Wildman–Crippen LogP) is 5.53. The van der Waals surface area contributed by atoms with Gasteiger partial charge in [0.1, 0.15) is 11.6 Å². The van der Waals surface area contributed by atoms with Gasteiger partial charge in [-0.05, 0) is 30.3 Å². The minimum Gasteiger partial charge on any atom is -0.496 e. The molecule has 5 heteroatoms. The maximum Gasteiger partial charge on any atom is 0.259 e. The summed E-state index contributed by atoms with van der Waals surface area (Å²) in [7, 11) is 3.53. The van der Waals surface area contributed by atoms with Crippen molar-refractivity contribution < 1.29 is 9.53 Å². The minimum absolute atomic E-state index is 0.211. The molecule has 0 unspecified atom stereocenters. The van der Waals surface area contributed by atoms with Gasteiger partial charge in [0, 0.05) is 18.3 Å². The van der Waals surface area contributed by atoms with Crippen molar-refractivity contribution in [3.8, 4) is 17.1 Å². The Morgan fingerprint density at radius 2 is 1.66 bits per heavy atom. The molecule has 4 rings (SSSR count). The normalized spacial score (nSPS) is 10.2. The molecule has 0 saturated heterocycles. The Balaban J connectivity index is 0.00000117. The van der Waals surface area contributed by atoms with Gasteiger partial charge in [0.2, 0.25) is 0 Å². The molecule has 0 bridgehead atoms. The molecule has 5 nitrogen and oxygen atoms in total. The van der Waals surface area contributed by atoms with Gasteiger partial charge in [0.25, 0.3) is 5.91 Å². The van der Waals surface area contributed by atoms with Gasteiger partial charge in [-0.3, -0.25) is 4.79 Å². The number of carbonyl (C=O) groups excluding carboxylic acids is 1. The zero-order valence-corrected chi connectivity index (χ0v) is 17.1. The minimum atomic E-state index is -0.211. The summed E-state index contributed by atoms with van der Waals surface area (Å²) in [6.07, 6.45) is 0. The number of hydrogen-bond donors (Lipinski definition) is 1. The summed E-state index contributed by atoms with van der Waals surface area (Å²) in [5, 5.41) is 2.94. The highest BCUT2D eigenvalue weighted by Gasteiger charge is 2.14. The van der Waals surface area contributed by atoms with Crippen LogP contribution in [0.1, 0.15) is 24.2 Å². The Labute approximate surface area is 171 Å². The summed E-state index contributed by atoms with van der Waals surface area (Å²) >= 11 is 0. The van der Waals surface area contributed by atoms with Crippen molar-refractivity contribution in [1.29, 1.82) is 0 Å². The number of imidazole rings is 1. The molecule has 0 spiro atoms. The highest BCUT2D eigenvalue weighted by molar-refractivity contribution is 6.06. The average molecular weight is 387 g/mol. The standard InChI is InChI=1S/C22H19N3O2.C2H6/c1-25-19-14-16(23-22(26)17-10-6-7-11-20(17)27-2)12-13-18(19)24-21(25)15-8-4-3-5-9-15;1-2/h3-14H,1-2H3,(H,23,26);1-2H3. The third-order valence-corrected chi connectivity index (χ3v) is 4.52. The number of hydrogen-bond acceptors (Lipinski definition) is 3. The lowest BCUT2D eigenvalue weighted by molar-refractivity contribution is 0.102. The monoisotopic (exact) mass is 387 g/mol. The van der Waals surface area contributed by atoms with Crippen molar-refractivity contribution in [1.82, 2.24) is 9.55 Å². The fourth-order valence-electron chi connectivity index (χ4n) is 3.14. The molecule has 1 N–H and O–H groups in total. The van der Waals surface area contributed by atoms with E-state index >= 15 is 0 Å². The summed E-state index contributed by atoms with van der Waals surface area (Å²) in [5.74, 6) is 1.22. The second-order valence-corrected chi connectivity index (χ2v) is 6.22. The molecule has 1 amide bonds. The average Bonchev–Trinajstić information content (AvgIpc) is 3.11. The van der Waals surface area contributed by atoms with E-state index in [4.69, 9.17) is 9.72 Å². The highest BCUT2D eigenvalue weighted by atomic mass is 16.5. The third kappa shape index (κ3) is 4.14. The number of nitrogens with one attached hydrogen (secondary N) is 1. The van der Waals surface area contributed by atoms with Gasteiger partial charge >= 0.3 is 0 Å². The number of amides is 1. The van der Waals surface area contributed by atoms with Crippen molar-refractivity contribution in [2.45, 2.75) is 13.8 Å². The number of fused-ring (bicyclic) bond motifs is 1. The lowest BCUT2D eigenvalue weighted by atomic mass is 10.2. The Morgan fingerprint density at radius 1 is 0.966 bits per heavy atom. The fourth-order valence-corrected chi connectivity index (χ4v) is 3.14. The molecule has 0 fully saturated rings. The number of carbonyl (C=O) groups is 1. The van der Waals surface area contributed by atoms with Crippen molar-refractivity contribution >= 4 is 22.6 Å². The molecule has 0 radical (unpaired) electrons. The topological polar surface area (TPSA) is 56.1 Å². The second-order valence-electron chi connectivity index (χ2n) is 6.22. The van der Waals surface area contributed by atoms with Crippen LogP contribution in [0.4, 0.5) is 5.69 Å². The number of para-hydroxylation sites is 1. The lowest BCUT2D eigenvalue weighted by Crippen LogP contribution is -2.13.